The summed E-state index contributed by atoms with van der Waals surface area (Å²) < 4.78 is 5.72. The van der Waals surface area contributed by atoms with Crippen molar-refractivity contribution in [3.8, 4) is 11.8 Å². The second-order valence-electron chi connectivity index (χ2n) is 5.56. The zero-order valence-corrected chi connectivity index (χ0v) is 14.2. The first-order valence-electron chi connectivity index (χ1n) is 7.72. The van der Waals surface area contributed by atoms with E-state index in [1.54, 1.807) is 30.2 Å². The number of carbonyl (C=O) groups excluding carboxylic acids is 1. The van der Waals surface area contributed by atoms with E-state index in [1.807, 2.05) is 31.2 Å². The van der Waals surface area contributed by atoms with E-state index in [-0.39, 0.29) is 11.2 Å². The van der Waals surface area contributed by atoms with E-state index in [4.69, 9.17) is 4.74 Å². The summed E-state index contributed by atoms with van der Waals surface area (Å²) in [5.41, 5.74) is 2.96. The lowest BCUT2D eigenvalue weighted by Crippen LogP contribution is -2.12. The average Bonchev–Trinajstić information content (AvgIpc) is 2.88. The lowest BCUT2D eigenvalue weighted by Gasteiger charge is -2.16. The Balaban J connectivity index is 1.69. The molecule has 2 N–H and O–H groups in total. The number of hydrogen-bond acceptors (Lipinski definition) is 6. The number of thioether (sulfide) groups is 1. The van der Waals surface area contributed by atoms with Crippen molar-refractivity contribution in [2.45, 2.75) is 12.2 Å². The highest BCUT2D eigenvalue weighted by Crippen LogP contribution is 2.43. The van der Waals surface area contributed by atoms with E-state index < -0.39 is 0 Å². The zero-order chi connectivity index (χ0) is 17.2. The standard InChI is InChI=1S/C17H15N5O2S/c1-10-14-15(25-9-13(23)20-16(14)22-21-10)11-4-2-5-12(8-11)24-17-18-6-3-7-19-17/h2-8,15H,9H2,1H3,(H2,20,21,22,23). The van der Waals surface area contributed by atoms with Crippen LogP contribution in [0.3, 0.4) is 0 Å². The number of carbonyl (C=O) groups is 1. The molecule has 0 fully saturated rings. The van der Waals surface area contributed by atoms with Gasteiger partial charge >= 0.3 is 6.01 Å². The average molecular weight is 353 g/mol. The molecule has 25 heavy (non-hydrogen) atoms. The van der Waals surface area contributed by atoms with Gasteiger partial charge < -0.3 is 10.1 Å². The van der Waals surface area contributed by atoms with Gasteiger partial charge in [-0.1, -0.05) is 12.1 Å². The van der Waals surface area contributed by atoms with E-state index >= 15 is 0 Å². The van der Waals surface area contributed by atoms with Gasteiger partial charge in [-0.2, -0.15) is 5.10 Å². The number of fused-ring (bicyclic) bond motifs is 1. The fourth-order valence-electron chi connectivity index (χ4n) is 2.71. The maximum atomic E-state index is 11.9. The number of ether oxygens (including phenoxy) is 1. The Kier molecular flexibility index (Phi) is 4.10. The molecule has 0 radical (unpaired) electrons. The molecule has 1 unspecified atom stereocenters. The van der Waals surface area contributed by atoms with Gasteiger partial charge in [0, 0.05) is 23.7 Å². The molecule has 1 aliphatic rings. The van der Waals surface area contributed by atoms with Crippen LogP contribution in [0.25, 0.3) is 0 Å². The number of aromatic nitrogens is 4. The Morgan fingerprint density at radius 2 is 2.08 bits per heavy atom. The van der Waals surface area contributed by atoms with E-state index in [0.717, 1.165) is 16.8 Å². The molecule has 126 valence electrons. The third-order valence-electron chi connectivity index (χ3n) is 3.81. The van der Waals surface area contributed by atoms with Crippen LogP contribution in [0.2, 0.25) is 0 Å². The third-order valence-corrected chi connectivity index (χ3v) is 5.08. The molecule has 1 amide bonds. The Labute approximate surface area is 148 Å². The van der Waals surface area contributed by atoms with Gasteiger partial charge in [-0.05, 0) is 30.7 Å². The van der Waals surface area contributed by atoms with E-state index in [2.05, 4.69) is 25.5 Å². The van der Waals surface area contributed by atoms with Gasteiger partial charge in [-0.15, -0.1) is 11.8 Å². The van der Waals surface area contributed by atoms with Crippen LogP contribution in [0.5, 0.6) is 11.8 Å². The van der Waals surface area contributed by atoms with Crippen molar-refractivity contribution in [2.24, 2.45) is 0 Å². The highest BCUT2D eigenvalue weighted by Gasteiger charge is 2.28. The topological polar surface area (TPSA) is 92.8 Å². The number of aromatic amines is 1. The van der Waals surface area contributed by atoms with Gasteiger partial charge in [-0.25, -0.2) is 9.97 Å². The molecule has 8 heteroatoms. The Hall–Kier alpha value is -2.87. The molecule has 1 aliphatic heterocycles. The van der Waals surface area contributed by atoms with E-state index in [0.29, 0.717) is 23.3 Å². The highest BCUT2D eigenvalue weighted by molar-refractivity contribution is 8.00. The number of anilines is 1. The zero-order valence-electron chi connectivity index (χ0n) is 13.4. The molecule has 7 nitrogen and oxygen atoms in total. The lowest BCUT2D eigenvalue weighted by molar-refractivity contribution is -0.113. The smallest absolute Gasteiger partial charge is 0.321 e. The van der Waals surface area contributed by atoms with Crippen LogP contribution in [0.4, 0.5) is 5.82 Å². The van der Waals surface area contributed by atoms with Crippen molar-refractivity contribution in [3.63, 3.8) is 0 Å². The number of aryl methyl sites for hydroxylation is 1. The Morgan fingerprint density at radius 3 is 2.92 bits per heavy atom. The number of rotatable bonds is 3. The summed E-state index contributed by atoms with van der Waals surface area (Å²) >= 11 is 1.56. The predicted molar refractivity (Wildman–Crippen MR) is 94.8 cm³/mol. The van der Waals surface area contributed by atoms with Crippen LogP contribution in [0.1, 0.15) is 22.1 Å². The van der Waals surface area contributed by atoms with Gasteiger partial charge in [-0.3, -0.25) is 9.89 Å². The quantitative estimate of drug-likeness (QED) is 0.752. The van der Waals surface area contributed by atoms with Crippen molar-refractivity contribution < 1.29 is 9.53 Å². The molecule has 0 saturated carbocycles. The van der Waals surface area contributed by atoms with Gasteiger partial charge in [0.1, 0.15) is 5.75 Å². The summed E-state index contributed by atoms with van der Waals surface area (Å²) in [5.74, 6) is 1.56. The van der Waals surface area contributed by atoms with Crippen LogP contribution in [-0.4, -0.2) is 31.8 Å². The summed E-state index contributed by atoms with van der Waals surface area (Å²) in [5, 5.41) is 9.99. The normalized spacial score (nSPS) is 16.7. The maximum Gasteiger partial charge on any atom is 0.321 e. The molecule has 3 aromatic rings. The van der Waals surface area contributed by atoms with Crippen LogP contribution in [0, 0.1) is 6.92 Å². The minimum Gasteiger partial charge on any atom is -0.424 e. The summed E-state index contributed by atoms with van der Waals surface area (Å²) in [6.45, 7) is 1.95. The fourth-order valence-corrected chi connectivity index (χ4v) is 3.90. The molecule has 4 rings (SSSR count). The summed E-state index contributed by atoms with van der Waals surface area (Å²) in [6.07, 6.45) is 3.26. The molecule has 2 aromatic heterocycles. The molecule has 0 saturated heterocycles. The predicted octanol–water partition coefficient (Wildman–Crippen LogP) is 3.08. The molecule has 0 bridgehead atoms. The largest absolute Gasteiger partial charge is 0.424 e. The van der Waals surface area contributed by atoms with Crippen LogP contribution < -0.4 is 10.1 Å². The van der Waals surface area contributed by atoms with Crippen molar-refractivity contribution >= 4 is 23.5 Å². The summed E-state index contributed by atoms with van der Waals surface area (Å²) in [4.78, 5) is 20.1. The van der Waals surface area contributed by atoms with Gasteiger partial charge in [0.15, 0.2) is 5.82 Å². The number of nitrogens with zero attached hydrogens (tertiary/aromatic N) is 3. The third kappa shape index (κ3) is 3.20. The molecule has 1 aromatic carbocycles. The fraction of sp³-hybridized carbons (Fsp3) is 0.176. The van der Waals surface area contributed by atoms with Gasteiger partial charge in [0.05, 0.1) is 11.0 Å². The summed E-state index contributed by atoms with van der Waals surface area (Å²) in [7, 11) is 0. The monoisotopic (exact) mass is 353 g/mol. The Bertz CT molecular complexity index is 912. The second kappa shape index (κ2) is 6.56. The van der Waals surface area contributed by atoms with Crippen molar-refractivity contribution in [1.29, 1.82) is 0 Å². The second-order valence-corrected chi connectivity index (χ2v) is 6.65. The van der Waals surface area contributed by atoms with Crippen molar-refractivity contribution in [1.82, 2.24) is 20.2 Å². The highest BCUT2D eigenvalue weighted by atomic mass is 32.2. The summed E-state index contributed by atoms with van der Waals surface area (Å²) in [6, 6.07) is 9.77. The lowest BCUT2D eigenvalue weighted by atomic mass is 10.0. The van der Waals surface area contributed by atoms with Gasteiger partial charge in [0.25, 0.3) is 0 Å². The van der Waals surface area contributed by atoms with E-state index in [9.17, 15) is 4.79 Å². The van der Waals surface area contributed by atoms with Gasteiger partial charge in [0.2, 0.25) is 5.91 Å². The molecule has 0 aliphatic carbocycles. The van der Waals surface area contributed by atoms with Crippen molar-refractivity contribution in [3.05, 3.63) is 59.5 Å². The first kappa shape index (κ1) is 15.6. The van der Waals surface area contributed by atoms with E-state index in [1.165, 1.54) is 0 Å². The first-order chi connectivity index (χ1) is 12.2. The Morgan fingerprint density at radius 1 is 1.24 bits per heavy atom. The molecular weight excluding hydrogens is 338 g/mol. The number of H-pyrrole nitrogens is 1. The minimum atomic E-state index is -0.0506. The minimum absolute atomic E-state index is 0.0204. The molecular formula is C17H15N5O2S. The van der Waals surface area contributed by atoms with Crippen LogP contribution in [0.15, 0.2) is 42.7 Å². The van der Waals surface area contributed by atoms with Crippen molar-refractivity contribution in [2.75, 3.05) is 11.1 Å². The number of benzene rings is 1. The number of amides is 1. The number of hydrogen-bond donors (Lipinski definition) is 2. The van der Waals surface area contributed by atoms with Crippen LogP contribution >= 0.6 is 11.8 Å². The van der Waals surface area contributed by atoms with Crippen LogP contribution in [-0.2, 0) is 4.79 Å². The maximum absolute atomic E-state index is 11.9. The number of nitrogens with one attached hydrogen (secondary N) is 2. The SMILES string of the molecule is Cc1[nH]nc2c1C(c1cccc(Oc3ncccn3)c1)SCC(=O)N2. The first-order valence-corrected chi connectivity index (χ1v) is 8.77. The molecule has 3 heterocycles. The molecule has 0 spiro atoms. The molecule has 1 atom stereocenters.